The van der Waals surface area contributed by atoms with Crippen molar-refractivity contribution in [2.75, 3.05) is 5.73 Å². The first-order valence-electron chi connectivity index (χ1n) is 7.55. The molecule has 3 N–H and O–H groups in total. The van der Waals surface area contributed by atoms with Crippen LogP contribution in [0.4, 0.5) is 5.95 Å². The Labute approximate surface area is 141 Å². The number of aliphatic hydroxyl groups excluding tert-OH is 1. The van der Waals surface area contributed by atoms with E-state index in [2.05, 4.69) is 9.97 Å². The monoisotopic (exact) mass is 354 g/mol. The minimum Gasteiger partial charge on any atom is -0.460 e. The van der Waals surface area contributed by atoms with Crippen molar-refractivity contribution in [2.45, 2.75) is 51.2 Å². The standard InChI is InChI=1S/C14H18N4O5S/c1-3-8(22-6(2)19)9-4-7(20)12(23-9)18-11-10(24-14(18)21)5-16-13(15)17-11/h5,7-9,12,20H,3-4H2,1-2H3,(H2,15,16,17)/t7-,8-,9+,12-/m1/s1. The van der Waals surface area contributed by atoms with Crippen LogP contribution in [0.1, 0.15) is 32.9 Å². The number of nitrogens with zero attached hydrogens (tertiary/aromatic N) is 3. The molecule has 9 nitrogen and oxygen atoms in total. The Kier molecular flexibility index (Phi) is 4.52. The number of rotatable bonds is 4. The quantitative estimate of drug-likeness (QED) is 0.756. The van der Waals surface area contributed by atoms with Gasteiger partial charge in [0.2, 0.25) is 5.95 Å². The number of aliphatic hydroxyl groups is 1. The number of thiazole rings is 1. The SMILES string of the molecule is CC[C@@H](OC(C)=O)[C@@H]1C[C@@H](O)[C@H](n2c(=O)sc3cnc(N)nc32)O1. The summed E-state index contributed by atoms with van der Waals surface area (Å²) in [6.45, 7) is 3.18. The number of esters is 1. The van der Waals surface area contributed by atoms with Gasteiger partial charge in [0.1, 0.15) is 12.2 Å². The molecular formula is C14H18N4O5S. The normalized spacial score (nSPS) is 25.0. The minimum absolute atomic E-state index is 0.0319. The van der Waals surface area contributed by atoms with E-state index >= 15 is 0 Å². The van der Waals surface area contributed by atoms with Gasteiger partial charge in [-0.25, -0.2) is 4.98 Å². The molecule has 0 aromatic carbocycles. The molecule has 0 amide bonds. The Balaban J connectivity index is 1.93. The topological polar surface area (TPSA) is 130 Å². The van der Waals surface area contributed by atoms with Gasteiger partial charge in [-0.15, -0.1) is 0 Å². The van der Waals surface area contributed by atoms with Gasteiger partial charge < -0.3 is 20.3 Å². The first kappa shape index (κ1) is 16.8. The maximum Gasteiger partial charge on any atom is 0.311 e. The summed E-state index contributed by atoms with van der Waals surface area (Å²) < 4.78 is 12.9. The number of hydrogen-bond donors (Lipinski definition) is 2. The fourth-order valence-electron chi connectivity index (χ4n) is 2.86. The van der Waals surface area contributed by atoms with E-state index in [-0.39, 0.29) is 17.2 Å². The second kappa shape index (κ2) is 6.46. The van der Waals surface area contributed by atoms with Gasteiger partial charge >= 0.3 is 10.8 Å². The van der Waals surface area contributed by atoms with E-state index in [0.29, 0.717) is 16.8 Å². The van der Waals surface area contributed by atoms with Gasteiger partial charge in [-0.2, -0.15) is 4.98 Å². The summed E-state index contributed by atoms with van der Waals surface area (Å²) in [6.07, 6.45) is -0.560. The average molecular weight is 354 g/mol. The molecule has 0 radical (unpaired) electrons. The Hall–Kier alpha value is -2.04. The number of fused-ring (bicyclic) bond motifs is 1. The highest BCUT2D eigenvalue weighted by atomic mass is 32.1. The number of carbonyl (C=O) groups is 1. The molecular weight excluding hydrogens is 336 g/mol. The Morgan fingerprint density at radius 1 is 1.67 bits per heavy atom. The predicted octanol–water partition coefficient (Wildman–Crippen LogP) is 0.425. The predicted molar refractivity (Wildman–Crippen MR) is 86.5 cm³/mol. The molecule has 130 valence electrons. The zero-order chi connectivity index (χ0) is 17.4. The van der Waals surface area contributed by atoms with Crippen molar-refractivity contribution in [3.05, 3.63) is 15.9 Å². The number of hydrogen-bond acceptors (Lipinski definition) is 9. The maximum atomic E-state index is 12.3. The first-order valence-corrected chi connectivity index (χ1v) is 8.36. The van der Waals surface area contributed by atoms with Gasteiger partial charge in [-0.3, -0.25) is 14.2 Å². The van der Waals surface area contributed by atoms with Crippen LogP contribution in [0.15, 0.2) is 11.0 Å². The molecule has 0 unspecified atom stereocenters. The molecule has 10 heteroatoms. The lowest BCUT2D eigenvalue weighted by Crippen LogP contribution is -2.31. The molecule has 24 heavy (non-hydrogen) atoms. The van der Waals surface area contributed by atoms with Crippen LogP contribution < -0.4 is 10.6 Å². The van der Waals surface area contributed by atoms with E-state index in [4.69, 9.17) is 15.2 Å². The van der Waals surface area contributed by atoms with Crippen LogP contribution in [0.2, 0.25) is 0 Å². The zero-order valence-electron chi connectivity index (χ0n) is 13.2. The highest BCUT2D eigenvalue weighted by molar-refractivity contribution is 7.16. The Bertz CT molecular complexity index is 819. The summed E-state index contributed by atoms with van der Waals surface area (Å²) in [5.74, 6) is -0.383. The van der Waals surface area contributed by atoms with Gasteiger partial charge in [0.25, 0.3) is 0 Å². The Morgan fingerprint density at radius 2 is 2.42 bits per heavy atom. The number of carbonyl (C=O) groups excluding carboxylic acids is 1. The van der Waals surface area contributed by atoms with Crippen LogP contribution in [0.5, 0.6) is 0 Å². The summed E-state index contributed by atoms with van der Waals surface area (Å²) in [4.78, 5) is 31.1. The van der Waals surface area contributed by atoms with Crippen molar-refractivity contribution in [3.63, 3.8) is 0 Å². The van der Waals surface area contributed by atoms with E-state index in [1.807, 2.05) is 6.92 Å². The van der Waals surface area contributed by atoms with Crippen LogP contribution in [0, 0.1) is 0 Å². The molecule has 3 heterocycles. The molecule has 1 saturated heterocycles. The van der Waals surface area contributed by atoms with Crippen LogP contribution in [-0.4, -0.2) is 43.9 Å². The van der Waals surface area contributed by atoms with Gasteiger partial charge in [0.05, 0.1) is 17.0 Å². The van der Waals surface area contributed by atoms with Crippen molar-refractivity contribution in [1.82, 2.24) is 14.5 Å². The third kappa shape index (κ3) is 2.99. The minimum atomic E-state index is -0.925. The number of aromatic nitrogens is 3. The smallest absolute Gasteiger partial charge is 0.311 e. The van der Waals surface area contributed by atoms with Crippen LogP contribution >= 0.6 is 11.3 Å². The number of nitrogens with two attached hydrogens (primary N) is 1. The van der Waals surface area contributed by atoms with Crippen molar-refractivity contribution in [1.29, 1.82) is 0 Å². The van der Waals surface area contributed by atoms with E-state index < -0.39 is 30.5 Å². The summed E-state index contributed by atoms with van der Waals surface area (Å²) >= 11 is 0.953. The van der Waals surface area contributed by atoms with Gasteiger partial charge in [-0.05, 0) is 6.42 Å². The van der Waals surface area contributed by atoms with Crippen molar-refractivity contribution >= 4 is 33.6 Å². The van der Waals surface area contributed by atoms with Gasteiger partial charge in [0.15, 0.2) is 11.9 Å². The molecule has 2 aromatic heterocycles. The zero-order valence-corrected chi connectivity index (χ0v) is 14.0. The summed E-state index contributed by atoms with van der Waals surface area (Å²) in [6, 6.07) is 0. The van der Waals surface area contributed by atoms with Gasteiger partial charge in [0, 0.05) is 13.3 Å². The molecule has 4 atom stereocenters. The van der Waals surface area contributed by atoms with E-state index in [9.17, 15) is 14.7 Å². The highest BCUT2D eigenvalue weighted by Crippen LogP contribution is 2.33. The van der Waals surface area contributed by atoms with Crippen molar-refractivity contribution < 1.29 is 19.4 Å². The molecule has 1 aliphatic heterocycles. The van der Waals surface area contributed by atoms with Crippen LogP contribution in [-0.2, 0) is 14.3 Å². The van der Waals surface area contributed by atoms with E-state index in [1.165, 1.54) is 17.7 Å². The fourth-order valence-corrected chi connectivity index (χ4v) is 3.68. The fraction of sp³-hybridized carbons (Fsp3) is 0.571. The molecule has 1 fully saturated rings. The largest absolute Gasteiger partial charge is 0.460 e. The summed E-state index contributed by atoms with van der Waals surface area (Å²) in [5.41, 5.74) is 5.92. The number of ether oxygens (including phenoxy) is 2. The second-order valence-electron chi connectivity index (χ2n) is 5.58. The lowest BCUT2D eigenvalue weighted by molar-refractivity contribution is -0.156. The maximum absolute atomic E-state index is 12.3. The highest BCUT2D eigenvalue weighted by Gasteiger charge is 2.41. The van der Waals surface area contributed by atoms with E-state index in [1.54, 1.807) is 0 Å². The lowest BCUT2D eigenvalue weighted by Gasteiger charge is -2.22. The Morgan fingerprint density at radius 3 is 3.08 bits per heavy atom. The summed E-state index contributed by atoms with van der Waals surface area (Å²) in [7, 11) is 0. The lowest BCUT2D eigenvalue weighted by atomic mass is 10.1. The molecule has 2 aromatic rings. The third-order valence-corrected chi connectivity index (χ3v) is 4.76. The van der Waals surface area contributed by atoms with Gasteiger partial charge in [-0.1, -0.05) is 18.3 Å². The molecule has 3 rings (SSSR count). The third-order valence-electron chi connectivity index (χ3n) is 3.88. The van der Waals surface area contributed by atoms with Crippen LogP contribution in [0.25, 0.3) is 10.3 Å². The molecule has 0 saturated carbocycles. The molecule has 1 aliphatic rings. The van der Waals surface area contributed by atoms with Crippen molar-refractivity contribution in [2.24, 2.45) is 0 Å². The second-order valence-corrected chi connectivity index (χ2v) is 6.57. The number of anilines is 1. The summed E-state index contributed by atoms with van der Waals surface area (Å²) in [5, 5.41) is 10.4. The average Bonchev–Trinajstić information content (AvgIpc) is 3.03. The molecule has 0 spiro atoms. The van der Waals surface area contributed by atoms with Crippen LogP contribution in [0.3, 0.4) is 0 Å². The first-order chi connectivity index (χ1) is 11.4. The van der Waals surface area contributed by atoms with E-state index in [0.717, 1.165) is 11.3 Å². The molecule has 0 bridgehead atoms. The molecule has 0 aliphatic carbocycles. The van der Waals surface area contributed by atoms with Crippen molar-refractivity contribution in [3.8, 4) is 0 Å². The number of nitrogen functional groups attached to an aromatic ring is 1.